The summed E-state index contributed by atoms with van der Waals surface area (Å²) in [6.45, 7) is 0.451. The van der Waals surface area contributed by atoms with Crippen molar-refractivity contribution in [3.05, 3.63) is 100 Å². The number of pyridine rings is 1. The van der Waals surface area contributed by atoms with E-state index in [0.717, 1.165) is 5.56 Å². The fraction of sp³-hybridized carbons (Fsp3) is 0.0909. The molecule has 1 amide bonds. The molecule has 0 radical (unpaired) electrons. The largest absolute Gasteiger partial charge is 0.323 e. The number of carbonyl (C=O) groups is 1. The van der Waals surface area contributed by atoms with Gasteiger partial charge in [-0.25, -0.2) is 13.1 Å². The zero-order valence-corrected chi connectivity index (χ0v) is 17.1. The molecule has 2 N–H and O–H groups in total. The molecule has 0 unspecified atom stereocenters. The van der Waals surface area contributed by atoms with Crippen LogP contribution in [0, 0.1) is 0 Å². The minimum Gasteiger partial charge on any atom is -0.323 e. The average Bonchev–Trinajstić information content (AvgIpc) is 2.75. The van der Waals surface area contributed by atoms with Crippen molar-refractivity contribution in [1.82, 2.24) is 9.29 Å². The van der Waals surface area contributed by atoms with Gasteiger partial charge < -0.3 is 9.88 Å². The number of nitrogens with zero attached hydrogens (tertiary/aromatic N) is 1. The molecule has 0 spiro atoms. The number of rotatable bonds is 7. The molecular formula is C22H21N3O4S. The van der Waals surface area contributed by atoms with E-state index in [9.17, 15) is 18.0 Å². The van der Waals surface area contributed by atoms with Crippen LogP contribution in [0.3, 0.4) is 0 Å². The van der Waals surface area contributed by atoms with E-state index < -0.39 is 10.0 Å². The first-order chi connectivity index (χ1) is 14.4. The van der Waals surface area contributed by atoms with Gasteiger partial charge >= 0.3 is 0 Å². The molecule has 30 heavy (non-hydrogen) atoms. The Bertz CT molecular complexity index is 1210. The van der Waals surface area contributed by atoms with Crippen LogP contribution in [-0.2, 0) is 21.4 Å². The Morgan fingerprint density at radius 3 is 2.33 bits per heavy atom. The van der Waals surface area contributed by atoms with Crippen molar-refractivity contribution < 1.29 is 13.2 Å². The predicted octanol–water partition coefficient (Wildman–Crippen LogP) is 2.46. The molecule has 0 aliphatic heterocycles. The first-order valence-electron chi connectivity index (χ1n) is 9.14. The van der Waals surface area contributed by atoms with Gasteiger partial charge in [-0.2, -0.15) is 0 Å². The van der Waals surface area contributed by atoms with Crippen LogP contribution < -0.4 is 15.6 Å². The summed E-state index contributed by atoms with van der Waals surface area (Å²) in [5.74, 6) is -0.311. The molecule has 2 aromatic carbocycles. The molecule has 0 aliphatic rings. The number of sulfonamides is 1. The number of aromatic nitrogens is 1. The fourth-order valence-corrected chi connectivity index (χ4v) is 3.44. The standard InChI is InChI=1S/C22H21N3O4S/c1-23-30(28,29)20-12-7-17(8-13-20)9-14-21(26)24-19-10-5-18(6-11-19)16-25-15-3-2-4-22(25)27/h2-15,23H,16H2,1H3,(H,24,26). The number of carbonyl (C=O) groups excluding carboxylic acids is 1. The van der Waals surface area contributed by atoms with Gasteiger partial charge in [-0.1, -0.05) is 30.3 Å². The van der Waals surface area contributed by atoms with Crippen LogP contribution >= 0.6 is 0 Å². The topological polar surface area (TPSA) is 97.3 Å². The molecule has 0 aliphatic carbocycles. The summed E-state index contributed by atoms with van der Waals surface area (Å²) in [4.78, 5) is 24.1. The molecular weight excluding hydrogens is 402 g/mol. The Morgan fingerprint density at radius 1 is 1.00 bits per heavy atom. The SMILES string of the molecule is CNS(=O)(=O)c1ccc(C=CC(=O)Nc2ccc(Cn3ccccc3=O)cc2)cc1. The number of hydrogen-bond donors (Lipinski definition) is 2. The second-order valence-electron chi connectivity index (χ2n) is 6.46. The van der Waals surface area contributed by atoms with Crippen LogP contribution in [0.15, 0.2) is 88.7 Å². The first kappa shape index (κ1) is 21.2. The zero-order valence-electron chi connectivity index (χ0n) is 16.3. The summed E-state index contributed by atoms with van der Waals surface area (Å²) in [5.41, 5.74) is 2.19. The first-order valence-corrected chi connectivity index (χ1v) is 10.6. The van der Waals surface area contributed by atoms with Crippen LogP contribution in [0.5, 0.6) is 0 Å². The molecule has 1 aromatic heterocycles. The van der Waals surface area contributed by atoms with Gasteiger partial charge in [-0.15, -0.1) is 0 Å². The maximum atomic E-state index is 12.1. The van der Waals surface area contributed by atoms with Crippen molar-refractivity contribution in [2.75, 3.05) is 12.4 Å². The highest BCUT2D eigenvalue weighted by Crippen LogP contribution is 2.13. The smallest absolute Gasteiger partial charge is 0.250 e. The highest BCUT2D eigenvalue weighted by molar-refractivity contribution is 7.89. The Hall–Kier alpha value is -3.49. The molecule has 3 aromatic rings. The highest BCUT2D eigenvalue weighted by atomic mass is 32.2. The lowest BCUT2D eigenvalue weighted by atomic mass is 10.2. The Balaban J connectivity index is 1.59. The van der Waals surface area contributed by atoms with E-state index in [1.54, 1.807) is 53.2 Å². The average molecular weight is 423 g/mol. The van der Waals surface area contributed by atoms with Gasteiger partial charge in [0.15, 0.2) is 0 Å². The van der Waals surface area contributed by atoms with E-state index in [-0.39, 0.29) is 16.4 Å². The Morgan fingerprint density at radius 2 is 1.70 bits per heavy atom. The lowest BCUT2D eigenvalue weighted by Gasteiger charge is -2.07. The fourth-order valence-electron chi connectivity index (χ4n) is 2.71. The van der Waals surface area contributed by atoms with Crippen LogP contribution in [0.1, 0.15) is 11.1 Å². The molecule has 0 bridgehead atoms. The summed E-state index contributed by atoms with van der Waals surface area (Å²) in [5, 5.41) is 2.76. The Kier molecular flexibility index (Phi) is 6.61. The van der Waals surface area contributed by atoms with Crippen molar-refractivity contribution in [2.45, 2.75) is 11.4 Å². The lowest BCUT2D eigenvalue weighted by molar-refractivity contribution is -0.111. The zero-order chi connectivity index (χ0) is 21.6. The van der Waals surface area contributed by atoms with Crippen LogP contribution in [-0.4, -0.2) is 25.9 Å². The molecule has 7 nitrogen and oxygen atoms in total. The van der Waals surface area contributed by atoms with Crippen molar-refractivity contribution in [1.29, 1.82) is 0 Å². The van der Waals surface area contributed by atoms with Crippen molar-refractivity contribution in [2.24, 2.45) is 0 Å². The van der Waals surface area contributed by atoms with Gasteiger partial charge in [-0.3, -0.25) is 9.59 Å². The Labute approximate surface area is 174 Å². The van der Waals surface area contributed by atoms with Crippen LogP contribution in [0.4, 0.5) is 5.69 Å². The molecule has 8 heteroatoms. The molecule has 0 atom stereocenters. The quantitative estimate of drug-likeness (QED) is 0.571. The third-order valence-electron chi connectivity index (χ3n) is 4.36. The van der Waals surface area contributed by atoms with Gasteiger partial charge in [0.05, 0.1) is 11.4 Å². The second kappa shape index (κ2) is 9.34. The number of benzene rings is 2. The normalized spacial score (nSPS) is 11.5. The van der Waals surface area contributed by atoms with Crippen LogP contribution in [0.2, 0.25) is 0 Å². The van der Waals surface area contributed by atoms with E-state index in [4.69, 9.17) is 0 Å². The minimum atomic E-state index is -3.49. The number of anilines is 1. The number of amides is 1. The minimum absolute atomic E-state index is 0.0726. The molecule has 154 valence electrons. The third kappa shape index (κ3) is 5.53. The van der Waals surface area contributed by atoms with E-state index in [1.807, 2.05) is 12.1 Å². The summed E-state index contributed by atoms with van der Waals surface area (Å²) >= 11 is 0. The molecule has 3 rings (SSSR count). The van der Waals surface area contributed by atoms with Crippen molar-refractivity contribution in [3.63, 3.8) is 0 Å². The number of hydrogen-bond acceptors (Lipinski definition) is 4. The molecule has 1 heterocycles. The van der Waals surface area contributed by atoms with Crippen molar-refractivity contribution in [3.8, 4) is 0 Å². The van der Waals surface area contributed by atoms with Gasteiger partial charge in [0, 0.05) is 24.0 Å². The van der Waals surface area contributed by atoms with Gasteiger partial charge in [0.2, 0.25) is 15.9 Å². The van der Waals surface area contributed by atoms with Gasteiger partial charge in [0.1, 0.15) is 0 Å². The molecule has 0 saturated carbocycles. The van der Waals surface area contributed by atoms with E-state index in [1.165, 1.54) is 31.3 Å². The van der Waals surface area contributed by atoms with E-state index in [2.05, 4.69) is 10.0 Å². The second-order valence-corrected chi connectivity index (χ2v) is 8.35. The van der Waals surface area contributed by atoms with E-state index >= 15 is 0 Å². The maximum absolute atomic E-state index is 12.1. The third-order valence-corrected chi connectivity index (χ3v) is 5.79. The molecule has 0 saturated heterocycles. The monoisotopic (exact) mass is 423 g/mol. The lowest BCUT2D eigenvalue weighted by Crippen LogP contribution is -2.18. The summed E-state index contributed by atoms with van der Waals surface area (Å²) < 4.78 is 27.3. The van der Waals surface area contributed by atoms with Gasteiger partial charge in [-0.05, 0) is 54.6 Å². The van der Waals surface area contributed by atoms with Crippen LogP contribution in [0.25, 0.3) is 6.08 Å². The maximum Gasteiger partial charge on any atom is 0.250 e. The highest BCUT2D eigenvalue weighted by Gasteiger charge is 2.09. The summed E-state index contributed by atoms with van der Waals surface area (Å²) in [7, 11) is -2.14. The van der Waals surface area contributed by atoms with Gasteiger partial charge in [0.25, 0.3) is 5.56 Å². The number of nitrogens with one attached hydrogen (secondary N) is 2. The van der Waals surface area contributed by atoms with E-state index in [0.29, 0.717) is 17.8 Å². The predicted molar refractivity (Wildman–Crippen MR) is 117 cm³/mol. The molecule has 0 fully saturated rings. The van der Waals surface area contributed by atoms with Crippen molar-refractivity contribution >= 4 is 27.7 Å². The summed E-state index contributed by atoms with van der Waals surface area (Å²) in [6.07, 6.45) is 4.70. The summed E-state index contributed by atoms with van der Waals surface area (Å²) in [6, 6.07) is 18.4.